The van der Waals surface area contributed by atoms with E-state index < -0.39 is 0 Å². The van der Waals surface area contributed by atoms with Crippen LogP contribution in [-0.2, 0) is 11.4 Å². The minimum atomic E-state index is -0.285. The van der Waals surface area contributed by atoms with Crippen molar-refractivity contribution in [2.75, 3.05) is 11.1 Å². The van der Waals surface area contributed by atoms with Crippen molar-refractivity contribution in [1.82, 2.24) is 4.98 Å². The maximum absolute atomic E-state index is 13.6. The van der Waals surface area contributed by atoms with E-state index in [1.54, 1.807) is 18.2 Å². The Morgan fingerprint density at radius 1 is 1.23 bits per heavy atom. The molecule has 5 nitrogen and oxygen atoms in total. The van der Waals surface area contributed by atoms with Crippen molar-refractivity contribution in [2.24, 2.45) is 0 Å². The molecule has 1 amide bonds. The molecule has 1 aliphatic rings. The monoisotopic (exact) mass is 369 g/mol. The van der Waals surface area contributed by atoms with Crippen molar-refractivity contribution >= 4 is 28.2 Å². The van der Waals surface area contributed by atoms with Gasteiger partial charge in [0.25, 0.3) is 0 Å². The van der Waals surface area contributed by atoms with Gasteiger partial charge in [-0.1, -0.05) is 41.7 Å². The summed E-state index contributed by atoms with van der Waals surface area (Å²) in [5, 5.41) is 3.19. The second-order valence-corrected chi connectivity index (χ2v) is 7.08. The van der Waals surface area contributed by atoms with Crippen LogP contribution < -0.4 is 15.8 Å². The minimum Gasteiger partial charge on any atom is -0.489 e. The molecule has 0 saturated carbocycles. The van der Waals surface area contributed by atoms with Gasteiger partial charge in [0, 0.05) is 17.9 Å². The van der Waals surface area contributed by atoms with Crippen molar-refractivity contribution in [3.05, 3.63) is 70.4 Å². The average molecular weight is 369 g/mol. The van der Waals surface area contributed by atoms with Crippen molar-refractivity contribution in [2.45, 2.75) is 18.9 Å². The Labute approximate surface area is 153 Å². The molecule has 0 aliphatic carbocycles. The van der Waals surface area contributed by atoms with E-state index in [9.17, 15) is 9.18 Å². The van der Waals surface area contributed by atoms with Gasteiger partial charge in [0.05, 0.1) is 4.88 Å². The van der Waals surface area contributed by atoms with Crippen molar-refractivity contribution in [3.63, 3.8) is 0 Å². The predicted octanol–water partition coefficient (Wildman–Crippen LogP) is 3.92. The largest absolute Gasteiger partial charge is 0.489 e. The van der Waals surface area contributed by atoms with Gasteiger partial charge in [0.15, 0.2) is 5.13 Å². The van der Waals surface area contributed by atoms with Gasteiger partial charge >= 0.3 is 0 Å². The number of anilines is 2. The third kappa shape index (κ3) is 3.25. The molecule has 1 atom stereocenters. The lowest BCUT2D eigenvalue weighted by molar-refractivity contribution is -0.116. The van der Waals surface area contributed by atoms with Gasteiger partial charge in [-0.15, -0.1) is 0 Å². The molecule has 3 N–H and O–H groups in total. The quantitative estimate of drug-likeness (QED) is 0.731. The molecule has 0 spiro atoms. The van der Waals surface area contributed by atoms with Crippen LogP contribution in [0.4, 0.5) is 15.3 Å². The summed E-state index contributed by atoms with van der Waals surface area (Å²) >= 11 is 1.39. The Morgan fingerprint density at radius 3 is 2.77 bits per heavy atom. The summed E-state index contributed by atoms with van der Waals surface area (Å²) in [4.78, 5) is 17.1. The number of nitrogens with zero attached hydrogens (tertiary/aromatic N) is 1. The van der Waals surface area contributed by atoms with Crippen LogP contribution in [0.3, 0.4) is 0 Å². The van der Waals surface area contributed by atoms with Crippen LogP contribution in [-0.4, -0.2) is 10.9 Å². The van der Waals surface area contributed by atoms with Gasteiger partial charge in [0.1, 0.15) is 24.0 Å². The number of nitrogens with two attached hydrogens (primary N) is 1. The third-order valence-corrected chi connectivity index (χ3v) is 5.27. The molecule has 0 saturated heterocycles. The lowest BCUT2D eigenvalue weighted by atomic mass is 9.91. The molecular weight excluding hydrogens is 353 g/mol. The molecule has 4 rings (SSSR count). The van der Waals surface area contributed by atoms with Crippen LogP contribution in [0.1, 0.15) is 28.3 Å². The first-order valence-electron chi connectivity index (χ1n) is 8.12. The SMILES string of the molecule is Nc1nc2c(s1)[C@H](c1ccc(OCc3ccccc3F)cc1)CC(=O)N2. The zero-order valence-electron chi connectivity index (χ0n) is 13.7. The summed E-state index contributed by atoms with van der Waals surface area (Å²) in [5.74, 6) is 0.754. The fraction of sp³-hybridized carbons (Fsp3) is 0.158. The highest BCUT2D eigenvalue weighted by Gasteiger charge is 2.29. The highest BCUT2D eigenvalue weighted by molar-refractivity contribution is 7.16. The van der Waals surface area contributed by atoms with Gasteiger partial charge in [0.2, 0.25) is 5.91 Å². The molecule has 0 radical (unpaired) electrons. The molecule has 1 aromatic heterocycles. The number of nitrogen functional groups attached to an aromatic ring is 1. The number of hydrogen-bond donors (Lipinski definition) is 2. The predicted molar refractivity (Wildman–Crippen MR) is 98.8 cm³/mol. The lowest BCUT2D eigenvalue weighted by Crippen LogP contribution is -2.22. The average Bonchev–Trinajstić information content (AvgIpc) is 3.01. The summed E-state index contributed by atoms with van der Waals surface area (Å²) in [6, 6.07) is 14.0. The number of nitrogens with one attached hydrogen (secondary N) is 1. The van der Waals surface area contributed by atoms with Gasteiger partial charge in [-0.2, -0.15) is 0 Å². The number of hydrogen-bond acceptors (Lipinski definition) is 5. The molecule has 3 aromatic rings. The molecule has 2 aromatic carbocycles. The van der Waals surface area contributed by atoms with E-state index in [0.29, 0.717) is 28.7 Å². The smallest absolute Gasteiger partial charge is 0.226 e. The van der Waals surface area contributed by atoms with Crippen LogP contribution in [0.2, 0.25) is 0 Å². The highest BCUT2D eigenvalue weighted by atomic mass is 32.1. The number of amides is 1. The van der Waals surface area contributed by atoms with Crippen molar-refractivity contribution in [1.29, 1.82) is 0 Å². The maximum Gasteiger partial charge on any atom is 0.226 e. The topological polar surface area (TPSA) is 77.2 Å². The van der Waals surface area contributed by atoms with E-state index >= 15 is 0 Å². The summed E-state index contributed by atoms with van der Waals surface area (Å²) < 4.78 is 19.3. The van der Waals surface area contributed by atoms with Crippen molar-refractivity contribution < 1.29 is 13.9 Å². The number of carbonyl (C=O) groups excluding carboxylic acids is 1. The molecular formula is C19H16FN3O2S. The fourth-order valence-electron chi connectivity index (χ4n) is 2.98. The first-order chi connectivity index (χ1) is 12.6. The molecule has 1 aliphatic heterocycles. The van der Waals surface area contributed by atoms with E-state index in [4.69, 9.17) is 10.5 Å². The fourth-order valence-corrected chi connectivity index (χ4v) is 3.90. The Bertz CT molecular complexity index is 956. The molecule has 7 heteroatoms. The number of thiazole rings is 1. The van der Waals surface area contributed by atoms with Crippen LogP contribution in [0, 0.1) is 5.82 Å². The number of fused-ring (bicyclic) bond motifs is 1. The molecule has 0 bridgehead atoms. The summed E-state index contributed by atoms with van der Waals surface area (Å²) in [6.45, 7) is 0.160. The number of halogens is 1. The molecule has 0 fully saturated rings. The minimum absolute atomic E-state index is 0.0748. The second-order valence-electron chi connectivity index (χ2n) is 6.02. The van der Waals surface area contributed by atoms with Crippen LogP contribution in [0.5, 0.6) is 5.75 Å². The highest BCUT2D eigenvalue weighted by Crippen LogP contribution is 2.41. The number of ether oxygens (including phenoxy) is 1. The van der Waals surface area contributed by atoms with E-state index in [1.807, 2.05) is 24.3 Å². The van der Waals surface area contributed by atoms with Crippen LogP contribution in [0.15, 0.2) is 48.5 Å². The number of rotatable bonds is 4. The number of benzene rings is 2. The Morgan fingerprint density at radius 2 is 2.00 bits per heavy atom. The second kappa shape index (κ2) is 6.76. The van der Waals surface area contributed by atoms with E-state index in [2.05, 4.69) is 10.3 Å². The first-order valence-corrected chi connectivity index (χ1v) is 8.94. The number of aromatic nitrogens is 1. The van der Waals surface area contributed by atoms with Crippen molar-refractivity contribution in [3.8, 4) is 5.75 Å². The Balaban J connectivity index is 1.51. The van der Waals surface area contributed by atoms with Gasteiger partial charge in [-0.3, -0.25) is 4.79 Å². The Kier molecular flexibility index (Phi) is 4.30. The lowest BCUT2D eigenvalue weighted by Gasteiger charge is -2.21. The zero-order chi connectivity index (χ0) is 18.1. The zero-order valence-corrected chi connectivity index (χ0v) is 14.6. The standard InChI is InChI=1S/C19H16FN3O2S/c20-15-4-2-1-3-12(15)10-25-13-7-5-11(6-8-13)14-9-16(24)22-18-17(14)26-19(21)23-18/h1-8,14H,9-10H2,(H2,21,23)(H,22,24)/t14-/m0/s1. The Hall–Kier alpha value is -2.93. The van der Waals surface area contributed by atoms with E-state index in [1.165, 1.54) is 17.4 Å². The third-order valence-electron chi connectivity index (χ3n) is 4.27. The normalized spacial score (nSPS) is 16.0. The van der Waals surface area contributed by atoms with Gasteiger partial charge in [-0.25, -0.2) is 9.37 Å². The van der Waals surface area contributed by atoms with Gasteiger partial charge in [-0.05, 0) is 23.8 Å². The molecule has 132 valence electrons. The summed E-state index contributed by atoms with van der Waals surface area (Å²) in [5.41, 5.74) is 7.27. The number of carbonyl (C=O) groups is 1. The van der Waals surface area contributed by atoms with E-state index in [-0.39, 0.29) is 24.2 Å². The molecule has 0 unspecified atom stereocenters. The molecule has 2 heterocycles. The first kappa shape index (κ1) is 16.5. The maximum atomic E-state index is 13.6. The van der Waals surface area contributed by atoms with E-state index in [0.717, 1.165) is 10.4 Å². The van der Waals surface area contributed by atoms with Crippen LogP contribution >= 0.6 is 11.3 Å². The summed E-state index contributed by atoms with van der Waals surface area (Å²) in [7, 11) is 0. The molecule has 26 heavy (non-hydrogen) atoms. The van der Waals surface area contributed by atoms with Gasteiger partial charge < -0.3 is 15.8 Å². The van der Waals surface area contributed by atoms with Crippen LogP contribution in [0.25, 0.3) is 0 Å². The summed E-state index contributed by atoms with van der Waals surface area (Å²) in [6.07, 6.45) is 0.351.